The zero-order valence-corrected chi connectivity index (χ0v) is 29.3. The molecular weight excluding hydrogens is 651 g/mol. The number of rotatable bonds is 15. The molecule has 12 nitrogen and oxygen atoms in total. The van der Waals surface area contributed by atoms with Crippen molar-refractivity contribution < 1.29 is 56.1 Å². The van der Waals surface area contributed by atoms with E-state index in [1.54, 1.807) is 65.8 Å². The highest BCUT2D eigenvalue weighted by molar-refractivity contribution is 5.94. The number of alkyl halides is 3. The number of nitrogens with one attached hydrogen (secondary N) is 2. The molecule has 0 aromatic heterocycles. The summed E-state index contributed by atoms with van der Waals surface area (Å²) in [6, 6.07) is 4.07. The molecule has 1 aromatic carbocycles. The number of amides is 3. The lowest BCUT2D eigenvalue weighted by atomic mass is 10.1. The fourth-order valence-electron chi connectivity index (χ4n) is 4.97. The van der Waals surface area contributed by atoms with Crippen LogP contribution in [0.3, 0.4) is 0 Å². The first-order chi connectivity index (χ1) is 22.7. The summed E-state index contributed by atoms with van der Waals surface area (Å²) in [6.07, 6.45) is -7.81. The van der Waals surface area contributed by atoms with Crippen LogP contribution in [0, 0.1) is 0 Å². The molecule has 1 aliphatic rings. The number of nitrogens with zero attached hydrogens (tertiary/aromatic N) is 1. The maximum absolute atomic E-state index is 14.1. The third kappa shape index (κ3) is 15.9. The van der Waals surface area contributed by atoms with Crippen LogP contribution in [0.1, 0.15) is 92.6 Å². The van der Waals surface area contributed by atoms with Crippen molar-refractivity contribution in [1.29, 1.82) is 0 Å². The Kier molecular flexibility index (Phi) is 15.3. The number of ether oxygens (including phenoxy) is 4. The normalized spacial score (nSPS) is 17.9. The van der Waals surface area contributed by atoms with E-state index in [0.29, 0.717) is 12.8 Å². The standard InChI is InChI=1S/C34H50F3N3O9/c1-8-9-17-46-30(44)25(19-34(35,36)37)38-28(42)26-18-23(48-32(2,3)4)20-40(26)29(43)24(39-31(45)49-33(5,6)7)15-16-27(41)47-21-22-13-11-10-12-14-22/h10-14,23-26H,8-9,15-21H2,1-7H3,(H,38,42)(H,39,45)/t23-,24+,25?,26?/m1/s1. The van der Waals surface area contributed by atoms with Crippen molar-refractivity contribution in [1.82, 2.24) is 15.5 Å². The highest BCUT2D eigenvalue weighted by Crippen LogP contribution is 2.28. The molecule has 1 aliphatic heterocycles. The number of halogens is 3. The van der Waals surface area contributed by atoms with Crippen LogP contribution in [0.2, 0.25) is 0 Å². The first kappa shape index (κ1) is 41.3. The van der Waals surface area contributed by atoms with Gasteiger partial charge in [-0.3, -0.25) is 14.4 Å². The maximum Gasteiger partial charge on any atom is 0.408 e. The van der Waals surface area contributed by atoms with Crippen molar-refractivity contribution in [2.45, 2.75) is 135 Å². The monoisotopic (exact) mass is 701 g/mol. The molecule has 1 fully saturated rings. The lowest BCUT2D eigenvalue weighted by Crippen LogP contribution is -2.56. The van der Waals surface area contributed by atoms with Crippen LogP contribution in [-0.2, 0) is 44.7 Å². The first-order valence-electron chi connectivity index (χ1n) is 16.4. The van der Waals surface area contributed by atoms with Crippen molar-refractivity contribution in [2.24, 2.45) is 0 Å². The molecule has 2 rings (SSSR count). The van der Waals surface area contributed by atoms with Crippen LogP contribution in [0.25, 0.3) is 0 Å². The van der Waals surface area contributed by atoms with Crippen molar-refractivity contribution in [3.05, 3.63) is 35.9 Å². The molecule has 0 spiro atoms. The van der Waals surface area contributed by atoms with Crippen LogP contribution < -0.4 is 10.6 Å². The lowest BCUT2D eigenvalue weighted by molar-refractivity contribution is -0.164. The average Bonchev–Trinajstić information content (AvgIpc) is 3.38. The van der Waals surface area contributed by atoms with E-state index >= 15 is 0 Å². The van der Waals surface area contributed by atoms with E-state index < -0.39 is 77.9 Å². The Labute approximate surface area is 285 Å². The van der Waals surface area contributed by atoms with Gasteiger partial charge < -0.3 is 34.5 Å². The Balaban J connectivity index is 2.33. The zero-order chi connectivity index (χ0) is 37.0. The summed E-state index contributed by atoms with van der Waals surface area (Å²) in [4.78, 5) is 66.8. The minimum Gasteiger partial charge on any atom is -0.464 e. The Morgan fingerprint density at radius 3 is 2.14 bits per heavy atom. The second-order valence-corrected chi connectivity index (χ2v) is 13.9. The average molecular weight is 702 g/mol. The van der Waals surface area contributed by atoms with E-state index in [1.165, 1.54) is 0 Å². The van der Waals surface area contributed by atoms with E-state index in [0.717, 1.165) is 10.5 Å². The van der Waals surface area contributed by atoms with Gasteiger partial charge in [0.05, 0.1) is 24.7 Å². The number of likely N-dealkylation sites (tertiary alicyclic amines) is 1. The Morgan fingerprint density at radius 2 is 1.57 bits per heavy atom. The van der Waals surface area contributed by atoms with E-state index in [4.69, 9.17) is 18.9 Å². The largest absolute Gasteiger partial charge is 0.464 e. The topological polar surface area (TPSA) is 150 Å². The SMILES string of the molecule is CCCCOC(=O)C(CC(F)(F)F)NC(=O)C1C[C@@H](OC(C)(C)C)CN1C(=O)[C@H](CCC(=O)OCc1ccccc1)NC(=O)OC(C)(C)C. The summed E-state index contributed by atoms with van der Waals surface area (Å²) in [6.45, 7) is 11.6. The summed E-state index contributed by atoms with van der Waals surface area (Å²) >= 11 is 0. The molecule has 4 atom stereocenters. The molecule has 1 saturated heterocycles. The summed E-state index contributed by atoms with van der Waals surface area (Å²) in [5, 5.41) is 4.60. The third-order valence-corrected chi connectivity index (χ3v) is 7.02. The number of hydrogen-bond donors (Lipinski definition) is 2. The predicted octanol–water partition coefficient (Wildman–Crippen LogP) is 4.97. The van der Waals surface area contributed by atoms with E-state index in [2.05, 4.69) is 10.6 Å². The third-order valence-electron chi connectivity index (χ3n) is 7.02. The second kappa shape index (κ2) is 18.2. The molecule has 49 heavy (non-hydrogen) atoms. The molecule has 0 bridgehead atoms. The molecule has 3 amide bonds. The molecule has 2 unspecified atom stereocenters. The molecule has 2 N–H and O–H groups in total. The fraction of sp³-hybridized carbons (Fsp3) is 0.676. The number of hydrogen-bond acceptors (Lipinski definition) is 9. The van der Waals surface area contributed by atoms with Crippen molar-refractivity contribution in [2.75, 3.05) is 13.2 Å². The van der Waals surface area contributed by atoms with E-state index in [-0.39, 0.29) is 39.0 Å². The lowest BCUT2D eigenvalue weighted by Gasteiger charge is -2.30. The van der Waals surface area contributed by atoms with Crippen molar-refractivity contribution in [3.63, 3.8) is 0 Å². The minimum atomic E-state index is -4.82. The van der Waals surface area contributed by atoms with Crippen molar-refractivity contribution >= 4 is 29.8 Å². The number of carbonyl (C=O) groups excluding carboxylic acids is 5. The molecule has 0 aliphatic carbocycles. The molecule has 0 radical (unpaired) electrons. The molecule has 1 heterocycles. The zero-order valence-electron chi connectivity index (χ0n) is 29.3. The van der Waals surface area contributed by atoms with Gasteiger partial charge >= 0.3 is 24.2 Å². The fourth-order valence-corrected chi connectivity index (χ4v) is 4.97. The summed E-state index contributed by atoms with van der Waals surface area (Å²) in [5.74, 6) is -3.75. The van der Waals surface area contributed by atoms with Crippen LogP contribution >= 0.6 is 0 Å². The van der Waals surface area contributed by atoms with Gasteiger partial charge in [-0.2, -0.15) is 13.2 Å². The number of esters is 2. The van der Waals surface area contributed by atoms with Crippen LogP contribution in [-0.4, -0.2) is 89.5 Å². The summed E-state index contributed by atoms with van der Waals surface area (Å²) in [7, 11) is 0. The molecule has 0 saturated carbocycles. The maximum atomic E-state index is 14.1. The quantitative estimate of drug-likeness (QED) is 0.147. The highest BCUT2D eigenvalue weighted by Gasteiger charge is 2.46. The van der Waals surface area contributed by atoms with Gasteiger partial charge in [0.2, 0.25) is 11.8 Å². The first-order valence-corrected chi connectivity index (χ1v) is 16.4. The smallest absolute Gasteiger partial charge is 0.408 e. The van der Waals surface area contributed by atoms with Gasteiger partial charge in [-0.15, -0.1) is 0 Å². The highest BCUT2D eigenvalue weighted by atomic mass is 19.4. The number of alkyl carbamates (subject to hydrolysis) is 1. The Morgan fingerprint density at radius 1 is 0.918 bits per heavy atom. The predicted molar refractivity (Wildman–Crippen MR) is 172 cm³/mol. The van der Waals surface area contributed by atoms with Crippen LogP contribution in [0.4, 0.5) is 18.0 Å². The minimum absolute atomic E-state index is 0.0159. The van der Waals surface area contributed by atoms with Crippen LogP contribution in [0.5, 0.6) is 0 Å². The second-order valence-electron chi connectivity index (χ2n) is 13.9. The Hall–Kier alpha value is -3.88. The number of benzene rings is 1. The van der Waals surface area contributed by atoms with E-state index in [9.17, 15) is 37.1 Å². The van der Waals surface area contributed by atoms with Gasteiger partial charge in [-0.25, -0.2) is 9.59 Å². The van der Waals surface area contributed by atoms with Gasteiger partial charge in [0.15, 0.2) is 0 Å². The summed E-state index contributed by atoms with van der Waals surface area (Å²) < 4.78 is 62.0. The van der Waals surface area contributed by atoms with Gasteiger partial charge in [-0.05, 0) is 59.9 Å². The summed E-state index contributed by atoms with van der Waals surface area (Å²) in [5.41, 5.74) is -0.916. The molecule has 15 heteroatoms. The van der Waals surface area contributed by atoms with Gasteiger partial charge in [-0.1, -0.05) is 43.7 Å². The Bertz CT molecular complexity index is 1260. The molecule has 1 aromatic rings. The molecule has 276 valence electrons. The van der Waals surface area contributed by atoms with Gasteiger partial charge in [0, 0.05) is 19.4 Å². The van der Waals surface area contributed by atoms with E-state index in [1.807, 2.05) is 13.0 Å². The number of unbranched alkanes of at least 4 members (excludes halogenated alkanes) is 1. The molecular formula is C34H50F3N3O9. The van der Waals surface area contributed by atoms with Gasteiger partial charge in [0.25, 0.3) is 0 Å². The number of carbonyl (C=O) groups is 5. The van der Waals surface area contributed by atoms with Gasteiger partial charge in [0.1, 0.15) is 30.3 Å². The van der Waals surface area contributed by atoms with Crippen molar-refractivity contribution in [3.8, 4) is 0 Å². The van der Waals surface area contributed by atoms with Crippen LogP contribution in [0.15, 0.2) is 30.3 Å².